The molecule has 1 amide bonds. The average Bonchev–Trinajstić information content (AvgIpc) is 2.50. The van der Waals surface area contributed by atoms with Crippen molar-refractivity contribution in [3.05, 3.63) is 28.5 Å². The van der Waals surface area contributed by atoms with E-state index >= 15 is 0 Å². The number of methoxy groups -OCH3 is 1. The summed E-state index contributed by atoms with van der Waals surface area (Å²) < 4.78 is 5.17. The van der Waals surface area contributed by atoms with Gasteiger partial charge in [0.1, 0.15) is 11.1 Å². The molecule has 0 N–H and O–H groups in total. The van der Waals surface area contributed by atoms with Crippen molar-refractivity contribution in [2.24, 2.45) is 5.92 Å². The van der Waals surface area contributed by atoms with E-state index in [2.05, 4.69) is 39.5 Å². The second kappa shape index (κ2) is 8.77. The van der Waals surface area contributed by atoms with Crippen LogP contribution >= 0.6 is 15.9 Å². The maximum absolute atomic E-state index is 12.6. The molecular weight excluding hydrogens is 336 g/mol. The minimum atomic E-state index is -0.422. The summed E-state index contributed by atoms with van der Waals surface area (Å²) in [6.45, 7) is 4.64. The van der Waals surface area contributed by atoms with Gasteiger partial charge >= 0.3 is 5.97 Å². The third-order valence-corrected chi connectivity index (χ3v) is 4.09. The Morgan fingerprint density at radius 3 is 2.57 bits per heavy atom. The van der Waals surface area contributed by atoms with Gasteiger partial charge in [-0.05, 0) is 34.0 Å². The highest BCUT2D eigenvalue weighted by atomic mass is 79.9. The lowest BCUT2D eigenvalue weighted by Crippen LogP contribution is -2.39. The minimum Gasteiger partial charge on any atom is -0.468 e. The van der Waals surface area contributed by atoms with Crippen LogP contribution in [-0.2, 0) is 9.53 Å². The fourth-order valence-corrected chi connectivity index (χ4v) is 2.43. The standard InChI is InChI=1S/C15H21BrN2O3/c1-4-11(5-2)9-18(10-13(19)21-3)15(20)12-7-6-8-17-14(12)16/h6-8,11H,4-5,9-10H2,1-3H3. The predicted octanol–water partition coefficient (Wildman–Crippen LogP) is 2.90. The number of hydrogen-bond donors (Lipinski definition) is 0. The second-order valence-electron chi connectivity index (χ2n) is 4.79. The van der Waals surface area contributed by atoms with Crippen molar-refractivity contribution < 1.29 is 14.3 Å². The molecule has 0 spiro atoms. The lowest BCUT2D eigenvalue weighted by Gasteiger charge is -2.26. The van der Waals surface area contributed by atoms with Crippen LogP contribution in [-0.4, -0.2) is 42.0 Å². The third kappa shape index (κ3) is 5.12. The van der Waals surface area contributed by atoms with Crippen molar-refractivity contribution in [3.8, 4) is 0 Å². The van der Waals surface area contributed by atoms with Gasteiger partial charge in [0.05, 0.1) is 12.7 Å². The van der Waals surface area contributed by atoms with Gasteiger partial charge in [0.25, 0.3) is 5.91 Å². The summed E-state index contributed by atoms with van der Waals surface area (Å²) in [6, 6.07) is 3.39. The topological polar surface area (TPSA) is 59.5 Å². The normalized spacial score (nSPS) is 10.5. The number of aromatic nitrogens is 1. The number of rotatable bonds is 7. The smallest absolute Gasteiger partial charge is 0.325 e. The molecule has 1 aromatic rings. The average molecular weight is 357 g/mol. The number of carbonyl (C=O) groups excluding carboxylic acids is 2. The maximum Gasteiger partial charge on any atom is 0.325 e. The molecular formula is C15H21BrN2O3. The number of halogens is 1. The first-order valence-corrected chi connectivity index (χ1v) is 7.79. The van der Waals surface area contributed by atoms with Crippen molar-refractivity contribution in [2.75, 3.05) is 20.2 Å². The van der Waals surface area contributed by atoms with Crippen molar-refractivity contribution in [1.29, 1.82) is 0 Å². The highest BCUT2D eigenvalue weighted by molar-refractivity contribution is 9.10. The van der Waals surface area contributed by atoms with E-state index in [0.29, 0.717) is 22.6 Å². The lowest BCUT2D eigenvalue weighted by atomic mass is 10.0. The molecule has 0 saturated carbocycles. The van der Waals surface area contributed by atoms with E-state index in [-0.39, 0.29) is 12.5 Å². The van der Waals surface area contributed by atoms with Gasteiger partial charge in [0.15, 0.2) is 0 Å². The van der Waals surface area contributed by atoms with E-state index < -0.39 is 5.97 Å². The zero-order valence-electron chi connectivity index (χ0n) is 12.6. The minimum absolute atomic E-state index is 0.0484. The summed E-state index contributed by atoms with van der Waals surface area (Å²) in [7, 11) is 1.32. The molecule has 0 radical (unpaired) electrons. The van der Waals surface area contributed by atoms with Crippen LogP contribution in [0, 0.1) is 5.92 Å². The van der Waals surface area contributed by atoms with E-state index in [9.17, 15) is 9.59 Å². The number of pyridine rings is 1. The largest absolute Gasteiger partial charge is 0.468 e. The van der Waals surface area contributed by atoms with Crippen LogP contribution in [0.4, 0.5) is 0 Å². The van der Waals surface area contributed by atoms with Crippen LogP contribution in [0.25, 0.3) is 0 Å². The molecule has 0 unspecified atom stereocenters. The second-order valence-corrected chi connectivity index (χ2v) is 5.54. The summed E-state index contributed by atoms with van der Waals surface area (Å²) in [5.41, 5.74) is 0.451. The van der Waals surface area contributed by atoms with Gasteiger partial charge < -0.3 is 9.64 Å². The van der Waals surface area contributed by atoms with Crippen LogP contribution < -0.4 is 0 Å². The van der Waals surface area contributed by atoms with Crippen molar-refractivity contribution in [3.63, 3.8) is 0 Å². The molecule has 1 heterocycles. The van der Waals surface area contributed by atoms with Gasteiger partial charge in [-0.3, -0.25) is 9.59 Å². The Kier molecular flexibility index (Phi) is 7.36. The quantitative estimate of drug-likeness (QED) is 0.556. The maximum atomic E-state index is 12.6. The van der Waals surface area contributed by atoms with Crippen molar-refractivity contribution >= 4 is 27.8 Å². The third-order valence-electron chi connectivity index (χ3n) is 3.46. The number of nitrogens with zero attached hydrogens (tertiary/aromatic N) is 2. The monoisotopic (exact) mass is 356 g/mol. The number of hydrogen-bond acceptors (Lipinski definition) is 4. The van der Waals surface area contributed by atoms with Crippen LogP contribution in [0.3, 0.4) is 0 Å². The van der Waals surface area contributed by atoms with Gasteiger partial charge in [0, 0.05) is 12.7 Å². The highest BCUT2D eigenvalue weighted by Gasteiger charge is 2.23. The van der Waals surface area contributed by atoms with E-state index in [1.165, 1.54) is 12.0 Å². The molecule has 0 aliphatic carbocycles. The Bertz CT molecular complexity index is 490. The summed E-state index contributed by atoms with van der Waals surface area (Å²) in [4.78, 5) is 29.8. The van der Waals surface area contributed by atoms with Crippen molar-refractivity contribution in [1.82, 2.24) is 9.88 Å². The SMILES string of the molecule is CCC(CC)CN(CC(=O)OC)C(=O)c1cccnc1Br. The number of ether oxygens (including phenoxy) is 1. The molecule has 0 saturated heterocycles. The number of esters is 1. The first-order valence-electron chi connectivity index (χ1n) is 7.00. The van der Waals surface area contributed by atoms with Crippen LogP contribution in [0.5, 0.6) is 0 Å². The van der Waals surface area contributed by atoms with Crippen LogP contribution in [0.2, 0.25) is 0 Å². The lowest BCUT2D eigenvalue weighted by molar-refractivity contribution is -0.141. The van der Waals surface area contributed by atoms with Gasteiger partial charge in [0.2, 0.25) is 0 Å². The number of amides is 1. The van der Waals surface area contributed by atoms with Gasteiger partial charge in [-0.1, -0.05) is 26.7 Å². The van der Waals surface area contributed by atoms with Gasteiger partial charge in [-0.25, -0.2) is 4.98 Å². The molecule has 5 nitrogen and oxygen atoms in total. The number of carbonyl (C=O) groups is 2. The Hall–Kier alpha value is -1.43. The predicted molar refractivity (Wildman–Crippen MR) is 83.9 cm³/mol. The van der Waals surface area contributed by atoms with Crippen LogP contribution in [0.1, 0.15) is 37.0 Å². The Balaban J connectivity index is 2.96. The zero-order chi connectivity index (χ0) is 15.8. The molecule has 116 valence electrons. The van der Waals surface area contributed by atoms with E-state index in [1.807, 2.05) is 0 Å². The van der Waals surface area contributed by atoms with Gasteiger partial charge in [-0.15, -0.1) is 0 Å². The Labute approximate surface area is 133 Å². The first kappa shape index (κ1) is 17.6. The Morgan fingerprint density at radius 2 is 2.05 bits per heavy atom. The molecule has 21 heavy (non-hydrogen) atoms. The molecule has 0 aliphatic rings. The molecule has 0 fully saturated rings. The molecule has 0 atom stereocenters. The van der Waals surface area contributed by atoms with Crippen LogP contribution in [0.15, 0.2) is 22.9 Å². The van der Waals surface area contributed by atoms with Crippen molar-refractivity contribution in [2.45, 2.75) is 26.7 Å². The fraction of sp³-hybridized carbons (Fsp3) is 0.533. The van der Waals surface area contributed by atoms with E-state index in [4.69, 9.17) is 0 Å². The summed E-state index contributed by atoms with van der Waals surface area (Å²) in [5, 5.41) is 0. The summed E-state index contributed by atoms with van der Waals surface area (Å²) in [5.74, 6) is -0.282. The first-order chi connectivity index (χ1) is 10.0. The molecule has 0 aliphatic heterocycles. The molecule has 6 heteroatoms. The summed E-state index contributed by atoms with van der Waals surface area (Å²) in [6.07, 6.45) is 3.51. The highest BCUT2D eigenvalue weighted by Crippen LogP contribution is 2.17. The fourth-order valence-electron chi connectivity index (χ4n) is 2.01. The molecule has 1 rings (SSSR count). The molecule has 0 bridgehead atoms. The summed E-state index contributed by atoms with van der Waals surface area (Å²) >= 11 is 3.27. The molecule has 0 aromatic carbocycles. The van der Waals surface area contributed by atoms with E-state index in [0.717, 1.165) is 12.8 Å². The van der Waals surface area contributed by atoms with Gasteiger partial charge in [-0.2, -0.15) is 0 Å². The Morgan fingerprint density at radius 1 is 1.38 bits per heavy atom. The zero-order valence-corrected chi connectivity index (χ0v) is 14.2. The van der Waals surface area contributed by atoms with E-state index in [1.54, 1.807) is 18.3 Å². The molecule has 1 aromatic heterocycles.